The summed E-state index contributed by atoms with van der Waals surface area (Å²) < 4.78 is 2.72. The minimum Gasteiger partial charge on any atom is -0.134 e. The van der Waals surface area contributed by atoms with Crippen molar-refractivity contribution in [3.8, 4) is 33.4 Å². The van der Waals surface area contributed by atoms with Gasteiger partial charge in [0.1, 0.15) is 0 Å². The summed E-state index contributed by atoms with van der Waals surface area (Å²) in [5.41, 5.74) is 10.8. The van der Waals surface area contributed by atoms with Gasteiger partial charge in [-0.15, -0.1) is 11.3 Å². The van der Waals surface area contributed by atoms with E-state index in [9.17, 15) is 0 Å². The summed E-state index contributed by atoms with van der Waals surface area (Å²) >= 11 is 1.94. The number of fused-ring (bicyclic) bond motifs is 6. The van der Waals surface area contributed by atoms with Crippen molar-refractivity contribution in [1.82, 2.24) is 0 Å². The Morgan fingerprint density at radius 1 is 0.409 bits per heavy atom. The molecule has 10 rings (SSSR count). The summed E-state index contributed by atoms with van der Waals surface area (Å²) in [4.78, 5) is 0. The first-order valence-corrected chi connectivity index (χ1v) is 16.3. The Hall–Kier alpha value is -4.98. The first-order valence-electron chi connectivity index (χ1n) is 15.4. The molecule has 0 spiro atoms. The Balaban J connectivity index is 1.21. The van der Waals surface area contributed by atoms with Crippen LogP contribution >= 0.6 is 11.3 Å². The molecule has 1 aliphatic rings. The second-order valence-electron chi connectivity index (χ2n) is 12.9. The molecule has 0 bridgehead atoms. The molecule has 9 aromatic rings. The zero-order chi connectivity index (χ0) is 29.2. The lowest BCUT2D eigenvalue weighted by atomic mass is 9.81. The molecule has 0 atom stereocenters. The standard InChI is InChI=1S/C43H28S/c1-43(2)37-15-4-3-10-31(37)32-22-20-28(24-38(32)43)29-11-6-13-35-36-14-7-12-34(42(36)44-41(29)35)30-21-18-27-17-16-25-8-5-9-26-19-23-33(30)40(27)39(25)26/h3-24H,1-2H3. The SMILES string of the molecule is CC1(C)c2ccccc2-c2ccc(-c3cccc4c3sc3c(-c5ccc6ccc7cccc8ccc5c6c78)cccc34)cc21. The monoisotopic (exact) mass is 576 g/mol. The maximum absolute atomic E-state index is 2.45. The van der Waals surface area contributed by atoms with Gasteiger partial charge in [-0.3, -0.25) is 0 Å². The summed E-state index contributed by atoms with van der Waals surface area (Å²) in [5.74, 6) is 0. The molecule has 8 aromatic carbocycles. The quantitative estimate of drug-likeness (QED) is 0.180. The molecule has 0 saturated carbocycles. The lowest BCUT2D eigenvalue weighted by molar-refractivity contribution is 0.660. The Kier molecular flexibility index (Phi) is 4.76. The van der Waals surface area contributed by atoms with Crippen molar-refractivity contribution in [3.05, 3.63) is 145 Å². The van der Waals surface area contributed by atoms with Gasteiger partial charge in [0.15, 0.2) is 0 Å². The first-order chi connectivity index (χ1) is 21.6. The van der Waals surface area contributed by atoms with Gasteiger partial charge in [0.05, 0.1) is 0 Å². The highest BCUT2D eigenvalue weighted by Crippen LogP contribution is 2.51. The highest BCUT2D eigenvalue weighted by atomic mass is 32.1. The van der Waals surface area contributed by atoms with E-state index in [4.69, 9.17) is 0 Å². The van der Waals surface area contributed by atoms with Crippen LogP contribution in [0, 0.1) is 0 Å². The number of benzene rings is 8. The molecule has 0 aliphatic heterocycles. The van der Waals surface area contributed by atoms with E-state index in [-0.39, 0.29) is 5.41 Å². The van der Waals surface area contributed by atoms with Gasteiger partial charge in [0.2, 0.25) is 0 Å². The smallest absolute Gasteiger partial charge is 0.0434 e. The summed E-state index contributed by atoms with van der Waals surface area (Å²) in [7, 11) is 0. The normalized spacial score (nSPS) is 13.9. The van der Waals surface area contributed by atoms with E-state index < -0.39 is 0 Å². The molecule has 0 fully saturated rings. The molecule has 1 heterocycles. The van der Waals surface area contributed by atoms with Gasteiger partial charge in [0, 0.05) is 31.2 Å². The van der Waals surface area contributed by atoms with Gasteiger partial charge in [-0.25, -0.2) is 0 Å². The second-order valence-corrected chi connectivity index (χ2v) is 13.9. The van der Waals surface area contributed by atoms with E-state index in [1.165, 1.54) is 97.0 Å². The minimum atomic E-state index is -0.0157. The number of rotatable bonds is 2. The Bertz CT molecular complexity index is 2610. The minimum absolute atomic E-state index is 0.0157. The number of hydrogen-bond acceptors (Lipinski definition) is 1. The van der Waals surface area contributed by atoms with Gasteiger partial charge >= 0.3 is 0 Å². The summed E-state index contributed by atoms with van der Waals surface area (Å²) in [6, 6.07) is 50.2. The summed E-state index contributed by atoms with van der Waals surface area (Å²) in [5, 5.41) is 10.7. The molecule has 0 amide bonds. The van der Waals surface area contributed by atoms with Crippen molar-refractivity contribution in [1.29, 1.82) is 0 Å². The topological polar surface area (TPSA) is 0 Å². The van der Waals surface area contributed by atoms with E-state index in [0.29, 0.717) is 0 Å². The third-order valence-corrected chi connectivity index (χ3v) is 11.5. The molecule has 0 unspecified atom stereocenters. The molecular formula is C43H28S. The molecule has 44 heavy (non-hydrogen) atoms. The van der Waals surface area contributed by atoms with Crippen molar-refractivity contribution in [2.45, 2.75) is 19.3 Å². The molecule has 1 heteroatoms. The molecule has 0 nitrogen and oxygen atoms in total. The first kappa shape index (κ1) is 24.5. The number of thiophene rings is 1. The van der Waals surface area contributed by atoms with Crippen LogP contribution in [0.4, 0.5) is 0 Å². The Morgan fingerprint density at radius 3 is 1.82 bits per heavy atom. The Morgan fingerprint density at radius 2 is 1.00 bits per heavy atom. The second kappa shape index (κ2) is 8.56. The largest absolute Gasteiger partial charge is 0.134 e. The van der Waals surface area contributed by atoms with Gasteiger partial charge in [-0.05, 0) is 77.3 Å². The van der Waals surface area contributed by atoms with Crippen molar-refractivity contribution >= 4 is 63.8 Å². The van der Waals surface area contributed by atoms with Crippen molar-refractivity contribution < 1.29 is 0 Å². The molecule has 0 saturated heterocycles. The van der Waals surface area contributed by atoms with Gasteiger partial charge < -0.3 is 0 Å². The molecule has 1 aromatic heterocycles. The van der Waals surface area contributed by atoms with Gasteiger partial charge in [-0.1, -0.05) is 141 Å². The average Bonchev–Trinajstić information content (AvgIpc) is 3.56. The molecule has 206 valence electrons. The summed E-state index contributed by atoms with van der Waals surface area (Å²) in [6.45, 7) is 4.73. The fraction of sp³-hybridized carbons (Fsp3) is 0.0698. The van der Waals surface area contributed by atoms with Crippen LogP contribution in [0.25, 0.3) is 85.9 Å². The van der Waals surface area contributed by atoms with Crippen LogP contribution in [0.2, 0.25) is 0 Å². The maximum Gasteiger partial charge on any atom is 0.0434 e. The van der Waals surface area contributed by atoms with Gasteiger partial charge in [0.25, 0.3) is 0 Å². The number of hydrogen-bond donors (Lipinski definition) is 0. The Labute approximate surface area is 260 Å². The fourth-order valence-electron chi connectivity index (χ4n) is 8.10. The molecular weight excluding hydrogens is 549 g/mol. The van der Waals surface area contributed by atoms with Crippen LogP contribution in [0.3, 0.4) is 0 Å². The van der Waals surface area contributed by atoms with E-state index in [1.807, 2.05) is 11.3 Å². The van der Waals surface area contributed by atoms with E-state index in [1.54, 1.807) is 0 Å². The zero-order valence-corrected chi connectivity index (χ0v) is 25.4. The lowest BCUT2D eigenvalue weighted by Gasteiger charge is -2.22. The van der Waals surface area contributed by atoms with Crippen molar-refractivity contribution in [2.75, 3.05) is 0 Å². The van der Waals surface area contributed by atoms with E-state index >= 15 is 0 Å². The average molecular weight is 577 g/mol. The highest BCUT2D eigenvalue weighted by Gasteiger charge is 2.35. The maximum atomic E-state index is 2.45. The van der Waals surface area contributed by atoms with Crippen LogP contribution in [-0.2, 0) is 5.41 Å². The fourth-order valence-corrected chi connectivity index (χ4v) is 9.47. The molecule has 0 N–H and O–H groups in total. The predicted octanol–water partition coefficient (Wildman–Crippen LogP) is 12.6. The van der Waals surface area contributed by atoms with Crippen LogP contribution in [-0.4, -0.2) is 0 Å². The van der Waals surface area contributed by atoms with E-state index in [2.05, 4.69) is 147 Å². The molecule has 1 aliphatic carbocycles. The zero-order valence-electron chi connectivity index (χ0n) is 24.6. The van der Waals surface area contributed by atoms with Crippen LogP contribution < -0.4 is 0 Å². The van der Waals surface area contributed by atoms with Crippen LogP contribution in [0.5, 0.6) is 0 Å². The van der Waals surface area contributed by atoms with Crippen LogP contribution in [0.15, 0.2) is 133 Å². The molecule has 0 radical (unpaired) electrons. The third kappa shape index (κ3) is 3.12. The predicted molar refractivity (Wildman–Crippen MR) is 191 cm³/mol. The summed E-state index contributed by atoms with van der Waals surface area (Å²) in [6.07, 6.45) is 0. The highest BCUT2D eigenvalue weighted by molar-refractivity contribution is 7.26. The van der Waals surface area contributed by atoms with Gasteiger partial charge in [-0.2, -0.15) is 0 Å². The van der Waals surface area contributed by atoms with Crippen molar-refractivity contribution in [3.63, 3.8) is 0 Å². The van der Waals surface area contributed by atoms with E-state index in [0.717, 1.165) is 0 Å². The third-order valence-electron chi connectivity index (χ3n) is 10.2. The van der Waals surface area contributed by atoms with Crippen LogP contribution in [0.1, 0.15) is 25.0 Å². The van der Waals surface area contributed by atoms with Crippen molar-refractivity contribution in [2.24, 2.45) is 0 Å². The lowest BCUT2D eigenvalue weighted by Crippen LogP contribution is -2.14.